The highest BCUT2D eigenvalue weighted by molar-refractivity contribution is 6.00. The van der Waals surface area contributed by atoms with E-state index in [1.54, 1.807) is 22.9 Å². The van der Waals surface area contributed by atoms with Gasteiger partial charge < -0.3 is 5.11 Å². The van der Waals surface area contributed by atoms with Crippen LogP contribution >= 0.6 is 0 Å². The van der Waals surface area contributed by atoms with E-state index in [0.717, 1.165) is 0 Å². The smallest absolute Gasteiger partial charge is 0.337 e. The molecule has 1 heterocycles. The topological polar surface area (TPSA) is 68.0 Å². The molecule has 0 spiro atoms. The number of hydrogen-bond donors (Lipinski definition) is 1. The van der Waals surface area contributed by atoms with Crippen molar-refractivity contribution in [2.45, 2.75) is 32.2 Å². The second kappa shape index (κ2) is 4.08. The lowest BCUT2D eigenvalue weighted by atomic mass is 9.80. The maximum atomic E-state index is 11.3. The highest BCUT2D eigenvalue weighted by atomic mass is 16.4. The Labute approximate surface area is 104 Å². The van der Waals surface area contributed by atoms with Crippen LogP contribution in [0.2, 0.25) is 0 Å². The lowest BCUT2D eigenvalue weighted by molar-refractivity contribution is 0.0698. The molecule has 0 aliphatic heterocycles. The fourth-order valence-corrected chi connectivity index (χ4v) is 2.57. The molecular weight excluding hydrogens is 230 g/mol. The zero-order valence-corrected chi connectivity index (χ0v) is 10.2. The standard InChI is InChI=1S/C13H15N3O2/c1-8(9-4-2-5-9)16-12-10(13(17)18)6-3-7-11(12)14-15-16/h3,6-9H,2,4-5H2,1H3,(H,17,18). The van der Waals surface area contributed by atoms with Crippen molar-refractivity contribution in [3.63, 3.8) is 0 Å². The van der Waals surface area contributed by atoms with Crippen LogP contribution in [-0.2, 0) is 0 Å². The number of aromatic carboxylic acids is 1. The molecule has 5 nitrogen and oxygen atoms in total. The predicted molar refractivity (Wildman–Crippen MR) is 66.5 cm³/mol. The molecule has 94 valence electrons. The summed E-state index contributed by atoms with van der Waals surface area (Å²) in [6, 6.07) is 5.33. The molecule has 1 N–H and O–H groups in total. The number of rotatable bonds is 3. The van der Waals surface area contributed by atoms with Crippen molar-refractivity contribution >= 4 is 17.0 Å². The number of carbonyl (C=O) groups is 1. The molecule has 1 aromatic carbocycles. The minimum absolute atomic E-state index is 0.212. The summed E-state index contributed by atoms with van der Waals surface area (Å²) in [4.78, 5) is 11.3. The largest absolute Gasteiger partial charge is 0.478 e. The number of carboxylic acid groups (broad SMARTS) is 1. The van der Waals surface area contributed by atoms with E-state index in [0.29, 0.717) is 17.0 Å². The first-order chi connectivity index (χ1) is 8.68. The van der Waals surface area contributed by atoms with Crippen LogP contribution in [-0.4, -0.2) is 26.1 Å². The van der Waals surface area contributed by atoms with E-state index in [2.05, 4.69) is 17.2 Å². The molecule has 1 aromatic heterocycles. The number of para-hydroxylation sites is 1. The van der Waals surface area contributed by atoms with Crippen molar-refractivity contribution in [3.8, 4) is 0 Å². The van der Waals surface area contributed by atoms with Crippen LogP contribution in [0.3, 0.4) is 0 Å². The molecule has 18 heavy (non-hydrogen) atoms. The minimum atomic E-state index is -0.926. The fourth-order valence-electron chi connectivity index (χ4n) is 2.57. The number of hydrogen-bond acceptors (Lipinski definition) is 3. The Morgan fingerprint density at radius 1 is 1.50 bits per heavy atom. The minimum Gasteiger partial charge on any atom is -0.478 e. The number of benzene rings is 1. The maximum absolute atomic E-state index is 11.3. The van der Waals surface area contributed by atoms with Crippen LogP contribution in [0.25, 0.3) is 11.0 Å². The second-order valence-electron chi connectivity index (χ2n) is 4.94. The quantitative estimate of drug-likeness (QED) is 0.902. The molecule has 2 aromatic rings. The van der Waals surface area contributed by atoms with E-state index < -0.39 is 5.97 Å². The first-order valence-electron chi connectivity index (χ1n) is 6.25. The predicted octanol–water partition coefficient (Wildman–Crippen LogP) is 2.49. The van der Waals surface area contributed by atoms with Crippen molar-refractivity contribution < 1.29 is 9.90 Å². The first kappa shape index (κ1) is 11.2. The Hall–Kier alpha value is -1.91. The first-order valence-corrected chi connectivity index (χ1v) is 6.25. The van der Waals surface area contributed by atoms with E-state index in [4.69, 9.17) is 0 Å². The molecule has 0 saturated heterocycles. The van der Waals surface area contributed by atoms with Crippen LogP contribution in [0.1, 0.15) is 42.6 Å². The van der Waals surface area contributed by atoms with Gasteiger partial charge in [0.15, 0.2) is 0 Å². The van der Waals surface area contributed by atoms with Crippen molar-refractivity contribution in [1.82, 2.24) is 15.0 Å². The normalized spacial score (nSPS) is 17.6. The molecule has 3 rings (SSSR count). The molecule has 0 bridgehead atoms. The van der Waals surface area contributed by atoms with Gasteiger partial charge in [0.2, 0.25) is 0 Å². The summed E-state index contributed by atoms with van der Waals surface area (Å²) in [5.74, 6) is -0.332. The van der Waals surface area contributed by atoms with Gasteiger partial charge in [-0.1, -0.05) is 17.7 Å². The molecule has 1 fully saturated rings. The Morgan fingerprint density at radius 3 is 2.89 bits per heavy atom. The SMILES string of the molecule is CC(C1CCC1)n1nnc2cccc(C(=O)O)c21. The highest BCUT2D eigenvalue weighted by Gasteiger charge is 2.28. The van der Waals surface area contributed by atoms with Crippen LogP contribution < -0.4 is 0 Å². The molecule has 1 saturated carbocycles. The van der Waals surface area contributed by atoms with Gasteiger partial charge >= 0.3 is 5.97 Å². The molecule has 1 aliphatic carbocycles. The van der Waals surface area contributed by atoms with Crippen molar-refractivity contribution in [3.05, 3.63) is 23.8 Å². The third-order valence-electron chi connectivity index (χ3n) is 3.94. The van der Waals surface area contributed by atoms with Gasteiger partial charge in [-0.15, -0.1) is 5.10 Å². The zero-order valence-electron chi connectivity index (χ0n) is 10.2. The number of fused-ring (bicyclic) bond motifs is 1. The van der Waals surface area contributed by atoms with Crippen molar-refractivity contribution in [2.24, 2.45) is 5.92 Å². The Balaban J connectivity index is 2.14. The van der Waals surface area contributed by atoms with E-state index in [9.17, 15) is 9.90 Å². The van der Waals surface area contributed by atoms with Gasteiger partial charge in [-0.3, -0.25) is 0 Å². The maximum Gasteiger partial charge on any atom is 0.337 e. The van der Waals surface area contributed by atoms with Gasteiger partial charge in [-0.2, -0.15) is 0 Å². The van der Waals surface area contributed by atoms with E-state index >= 15 is 0 Å². The highest BCUT2D eigenvalue weighted by Crippen LogP contribution is 2.37. The van der Waals surface area contributed by atoms with E-state index in [-0.39, 0.29) is 11.6 Å². The third-order valence-corrected chi connectivity index (χ3v) is 3.94. The molecule has 1 unspecified atom stereocenters. The van der Waals surface area contributed by atoms with Gasteiger partial charge in [0, 0.05) is 0 Å². The van der Waals surface area contributed by atoms with Gasteiger partial charge in [0.25, 0.3) is 0 Å². The Bertz CT molecular complexity index is 601. The number of nitrogens with zero attached hydrogens (tertiary/aromatic N) is 3. The summed E-state index contributed by atoms with van der Waals surface area (Å²) in [5, 5.41) is 17.5. The van der Waals surface area contributed by atoms with E-state index in [1.165, 1.54) is 19.3 Å². The number of carboxylic acids is 1. The van der Waals surface area contributed by atoms with Gasteiger partial charge in [0.1, 0.15) is 11.0 Å². The van der Waals surface area contributed by atoms with Crippen molar-refractivity contribution in [1.29, 1.82) is 0 Å². The summed E-state index contributed by atoms with van der Waals surface area (Å²) in [5.41, 5.74) is 1.58. The lowest BCUT2D eigenvalue weighted by Gasteiger charge is -2.31. The van der Waals surface area contributed by atoms with Gasteiger partial charge in [-0.25, -0.2) is 9.48 Å². The third kappa shape index (κ3) is 1.58. The van der Waals surface area contributed by atoms with E-state index in [1.807, 2.05) is 0 Å². The van der Waals surface area contributed by atoms with Crippen LogP contribution in [0.5, 0.6) is 0 Å². The van der Waals surface area contributed by atoms with Gasteiger partial charge in [-0.05, 0) is 37.8 Å². The average Bonchev–Trinajstić information content (AvgIpc) is 2.69. The van der Waals surface area contributed by atoms with Gasteiger partial charge in [0.05, 0.1) is 11.6 Å². The van der Waals surface area contributed by atoms with Crippen molar-refractivity contribution in [2.75, 3.05) is 0 Å². The Morgan fingerprint density at radius 2 is 2.28 bits per heavy atom. The van der Waals surface area contributed by atoms with Crippen LogP contribution in [0.4, 0.5) is 0 Å². The fraction of sp³-hybridized carbons (Fsp3) is 0.462. The van der Waals surface area contributed by atoms with Crippen LogP contribution in [0.15, 0.2) is 18.2 Å². The second-order valence-corrected chi connectivity index (χ2v) is 4.94. The monoisotopic (exact) mass is 245 g/mol. The summed E-state index contributed by atoms with van der Waals surface area (Å²) < 4.78 is 1.78. The van der Waals surface area contributed by atoms with Crippen LogP contribution in [0, 0.1) is 5.92 Å². The molecule has 0 radical (unpaired) electrons. The molecule has 0 amide bonds. The summed E-state index contributed by atoms with van der Waals surface area (Å²) >= 11 is 0. The molecular formula is C13H15N3O2. The number of aromatic nitrogens is 3. The summed E-state index contributed by atoms with van der Waals surface area (Å²) in [7, 11) is 0. The average molecular weight is 245 g/mol. The zero-order chi connectivity index (χ0) is 12.7. The Kier molecular flexibility index (Phi) is 2.54. The summed E-state index contributed by atoms with van der Waals surface area (Å²) in [6.45, 7) is 2.09. The molecule has 5 heteroatoms. The lowest BCUT2D eigenvalue weighted by Crippen LogP contribution is -2.24. The molecule has 1 aliphatic rings. The summed E-state index contributed by atoms with van der Waals surface area (Å²) in [6.07, 6.45) is 3.64. The molecule has 1 atom stereocenters.